The fourth-order valence-corrected chi connectivity index (χ4v) is 2.83. The van der Waals surface area contributed by atoms with Gasteiger partial charge in [0.2, 0.25) is 0 Å². The fraction of sp³-hybridized carbons (Fsp3) is 0.294. The van der Waals surface area contributed by atoms with Crippen molar-refractivity contribution in [1.82, 2.24) is 4.90 Å². The van der Waals surface area contributed by atoms with Crippen LogP contribution in [0.4, 0.5) is 5.69 Å². The van der Waals surface area contributed by atoms with E-state index in [0.29, 0.717) is 0 Å². The van der Waals surface area contributed by atoms with Crippen LogP contribution in [0, 0.1) is 0 Å². The minimum atomic E-state index is 0.798. The molecule has 2 aromatic rings. The maximum atomic E-state index is 5.96. The first-order valence-electron chi connectivity index (χ1n) is 7.08. The predicted octanol–water partition coefficient (Wildman–Crippen LogP) is 4.01. The second-order valence-corrected chi connectivity index (χ2v) is 5.71. The van der Waals surface area contributed by atoms with Crippen LogP contribution >= 0.6 is 11.6 Å². The zero-order valence-corrected chi connectivity index (χ0v) is 12.3. The molecule has 1 saturated heterocycles. The Morgan fingerprint density at radius 2 is 1.65 bits per heavy atom. The summed E-state index contributed by atoms with van der Waals surface area (Å²) < 4.78 is 0. The van der Waals surface area contributed by atoms with Crippen LogP contribution in [0.2, 0.25) is 5.02 Å². The summed E-state index contributed by atoms with van der Waals surface area (Å²) in [5.74, 6) is 0. The van der Waals surface area contributed by atoms with Crippen LogP contribution in [0.5, 0.6) is 0 Å². The molecular formula is C17H19ClN2. The molecule has 0 amide bonds. The SMILES string of the molecule is Clc1ccc(N2CCCN(Cc3ccccc3)C2)cc1. The quantitative estimate of drug-likeness (QED) is 0.841. The molecule has 3 heteroatoms. The Hall–Kier alpha value is -1.51. The summed E-state index contributed by atoms with van der Waals surface area (Å²) in [4.78, 5) is 4.91. The van der Waals surface area contributed by atoms with E-state index in [4.69, 9.17) is 11.6 Å². The van der Waals surface area contributed by atoms with Crippen LogP contribution < -0.4 is 4.90 Å². The van der Waals surface area contributed by atoms with Crippen molar-refractivity contribution < 1.29 is 0 Å². The van der Waals surface area contributed by atoms with Crippen molar-refractivity contribution in [3.63, 3.8) is 0 Å². The van der Waals surface area contributed by atoms with Crippen molar-refractivity contribution in [3.8, 4) is 0 Å². The van der Waals surface area contributed by atoms with Crippen molar-refractivity contribution in [2.45, 2.75) is 13.0 Å². The third-order valence-corrected chi connectivity index (χ3v) is 3.97. The molecule has 0 radical (unpaired) electrons. The number of hydrogen-bond acceptors (Lipinski definition) is 2. The minimum absolute atomic E-state index is 0.798. The van der Waals surface area contributed by atoms with Gasteiger partial charge in [-0.25, -0.2) is 0 Å². The highest BCUT2D eigenvalue weighted by Crippen LogP contribution is 2.21. The van der Waals surface area contributed by atoms with E-state index in [-0.39, 0.29) is 0 Å². The molecular weight excluding hydrogens is 268 g/mol. The molecule has 0 spiro atoms. The van der Waals surface area contributed by atoms with Gasteiger partial charge in [0.15, 0.2) is 0 Å². The van der Waals surface area contributed by atoms with E-state index < -0.39 is 0 Å². The third-order valence-electron chi connectivity index (χ3n) is 3.71. The molecule has 1 fully saturated rings. The lowest BCUT2D eigenvalue weighted by Crippen LogP contribution is -2.44. The maximum Gasteiger partial charge on any atom is 0.0710 e. The normalized spacial score (nSPS) is 16.4. The number of rotatable bonds is 3. The highest BCUT2D eigenvalue weighted by molar-refractivity contribution is 6.30. The molecule has 1 aliphatic rings. The largest absolute Gasteiger partial charge is 0.358 e. The number of benzene rings is 2. The van der Waals surface area contributed by atoms with Crippen LogP contribution in [-0.2, 0) is 6.54 Å². The first-order valence-corrected chi connectivity index (χ1v) is 7.46. The first-order chi connectivity index (χ1) is 9.81. The van der Waals surface area contributed by atoms with E-state index in [1.807, 2.05) is 12.1 Å². The van der Waals surface area contributed by atoms with E-state index in [2.05, 4.69) is 52.3 Å². The summed E-state index contributed by atoms with van der Waals surface area (Å²) in [6, 6.07) is 18.8. The van der Waals surface area contributed by atoms with Crippen LogP contribution in [-0.4, -0.2) is 24.7 Å². The molecule has 0 bridgehead atoms. The number of hydrogen-bond donors (Lipinski definition) is 0. The van der Waals surface area contributed by atoms with Crippen molar-refractivity contribution >= 4 is 17.3 Å². The molecule has 0 aromatic heterocycles. The number of nitrogens with zero attached hydrogens (tertiary/aromatic N) is 2. The van der Waals surface area contributed by atoms with Crippen molar-refractivity contribution in [1.29, 1.82) is 0 Å². The van der Waals surface area contributed by atoms with E-state index in [9.17, 15) is 0 Å². The standard InChI is InChI=1S/C17H19ClN2/c18-16-7-9-17(10-8-16)20-12-4-11-19(14-20)13-15-5-2-1-3-6-15/h1-3,5-10H,4,11-14H2. The lowest BCUT2D eigenvalue weighted by Gasteiger charge is -2.37. The van der Waals surface area contributed by atoms with Gasteiger partial charge in [0.25, 0.3) is 0 Å². The van der Waals surface area contributed by atoms with Gasteiger partial charge in [-0.3, -0.25) is 4.90 Å². The Labute approximate surface area is 125 Å². The average Bonchev–Trinajstić information content (AvgIpc) is 2.49. The summed E-state index contributed by atoms with van der Waals surface area (Å²) in [7, 11) is 0. The van der Waals surface area contributed by atoms with Crippen LogP contribution in [0.3, 0.4) is 0 Å². The molecule has 104 valence electrons. The molecule has 1 heterocycles. The Kier molecular flexibility index (Phi) is 4.24. The van der Waals surface area contributed by atoms with E-state index >= 15 is 0 Å². The average molecular weight is 287 g/mol. The predicted molar refractivity (Wildman–Crippen MR) is 85.1 cm³/mol. The van der Waals surface area contributed by atoms with Gasteiger partial charge in [0, 0.05) is 30.3 Å². The molecule has 3 rings (SSSR count). The third kappa shape index (κ3) is 3.33. The molecule has 2 nitrogen and oxygen atoms in total. The van der Waals surface area contributed by atoms with Crippen LogP contribution in [0.15, 0.2) is 54.6 Å². The molecule has 2 aromatic carbocycles. The molecule has 0 atom stereocenters. The van der Waals surface area contributed by atoms with Crippen LogP contribution in [0.25, 0.3) is 0 Å². The van der Waals surface area contributed by atoms with Gasteiger partial charge < -0.3 is 4.90 Å². The Balaban J connectivity index is 1.66. The molecule has 0 aliphatic carbocycles. The lowest BCUT2D eigenvalue weighted by molar-refractivity contribution is 0.233. The zero-order chi connectivity index (χ0) is 13.8. The first kappa shape index (κ1) is 13.5. The molecule has 1 aliphatic heterocycles. The molecule has 0 N–H and O–H groups in total. The van der Waals surface area contributed by atoms with Gasteiger partial charge in [-0.05, 0) is 36.2 Å². The summed E-state index contributed by atoms with van der Waals surface area (Å²) in [6.07, 6.45) is 1.20. The summed E-state index contributed by atoms with van der Waals surface area (Å²) in [5.41, 5.74) is 2.64. The highest BCUT2D eigenvalue weighted by atomic mass is 35.5. The van der Waals surface area contributed by atoms with Gasteiger partial charge >= 0.3 is 0 Å². The summed E-state index contributed by atoms with van der Waals surface area (Å²) in [5, 5.41) is 0.798. The van der Waals surface area contributed by atoms with Gasteiger partial charge in [0.1, 0.15) is 0 Å². The summed E-state index contributed by atoms with van der Waals surface area (Å²) >= 11 is 5.96. The smallest absolute Gasteiger partial charge is 0.0710 e. The minimum Gasteiger partial charge on any atom is -0.358 e. The van der Waals surface area contributed by atoms with E-state index in [1.54, 1.807) is 0 Å². The Bertz CT molecular complexity index is 539. The Morgan fingerprint density at radius 1 is 0.900 bits per heavy atom. The second-order valence-electron chi connectivity index (χ2n) is 5.27. The van der Waals surface area contributed by atoms with Gasteiger partial charge in [-0.15, -0.1) is 0 Å². The number of halogens is 1. The van der Waals surface area contributed by atoms with Gasteiger partial charge in [-0.2, -0.15) is 0 Å². The van der Waals surface area contributed by atoms with E-state index in [0.717, 1.165) is 24.8 Å². The molecule has 0 unspecified atom stereocenters. The molecule has 0 saturated carbocycles. The monoisotopic (exact) mass is 286 g/mol. The summed E-state index contributed by atoms with van der Waals surface area (Å²) in [6.45, 7) is 4.29. The van der Waals surface area contributed by atoms with Crippen molar-refractivity contribution in [2.24, 2.45) is 0 Å². The van der Waals surface area contributed by atoms with Crippen molar-refractivity contribution in [3.05, 3.63) is 65.2 Å². The van der Waals surface area contributed by atoms with Crippen LogP contribution in [0.1, 0.15) is 12.0 Å². The Morgan fingerprint density at radius 3 is 2.40 bits per heavy atom. The van der Waals surface area contributed by atoms with E-state index in [1.165, 1.54) is 24.2 Å². The maximum absolute atomic E-state index is 5.96. The van der Waals surface area contributed by atoms with Gasteiger partial charge in [0.05, 0.1) is 6.67 Å². The fourth-order valence-electron chi connectivity index (χ4n) is 2.70. The highest BCUT2D eigenvalue weighted by Gasteiger charge is 2.17. The zero-order valence-electron chi connectivity index (χ0n) is 11.5. The topological polar surface area (TPSA) is 6.48 Å². The second kappa shape index (κ2) is 6.29. The number of anilines is 1. The molecule has 20 heavy (non-hydrogen) atoms. The van der Waals surface area contributed by atoms with Gasteiger partial charge in [-0.1, -0.05) is 41.9 Å². The lowest BCUT2D eigenvalue weighted by atomic mass is 10.2. The van der Waals surface area contributed by atoms with Crippen molar-refractivity contribution in [2.75, 3.05) is 24.7 Å².